The number of rotatable bonds is 6. The highest BCUT2D eigenvalue weighted by atomic mass is 19.1. The lowest BCUT2D eigenvalue weighted by Crippen LogP contribution is -2.50. The maximum atomic E-state index is 14.0. The van der Waals surface area contributed by atoms with E-state index in [1.54, 1.807) is 72.6 Å². The summed E-state index contributed by atoms with van der Waals surface area (Å²) in [6.07, 6.45) is 4.52. The highest BCUT2D eigenvalue weighted by Crippen LogP contribution is 2.27. The Labute approximate surface area is 227 Å². The van der Waals surface area contributed by atoms with Crippen LogP contribution in [0.2, 0.25) is 0 Å². The van der Waals surface area contributed by atoms with Crippen molar-refractivity contribution in [3.63, 3.8) is 0 Å². The van der Waals surface area contributed by atoms with Crippen molar-refractivity contribution in [1.82, 2.24) is 19.8 Å². The first-order valence-electron chi connectivity index (χ1n) is 12.7. The summed E-state index contributed by atoms with van der Waals surface area (Å²) in [6.45, 7) is 4.07. The standard InChI is InChI=1S/C30H31FN4O4/c1-20-17-35(21(2)19-36)30(38)25-14-23(8-9-24-6-4-5-7-26(24)31)16-33-29(25)39-27(20)18-34(3)28(37)15-22-10-12-32-13-11-22/h4-7,10-14,16,20-21,27,36H,15,17-19H2,1-3H3/t20-,21+,27+/m0/s1. The maximum absolute atomic E-state index is 14.0. The van der Waals surface area contributed by atoms with Gasteiger partial charge in [-0.2, -0.15) is 0 Å². The number of pyridine rings is 2. The number of carbonyl (C=O) groups is 2. The van der Waals surface area contributed by atoms with Gasteiger partial charge in [0.2, 0.25) is 11.8 Å². The minimum absolute atomic E-state index is 0.0809. The van der Waals surface area contributed by atoms with Crippen LogP contribution in [0.25, 0.3) is 0 Å². The second-order valence-electron chi connectivity index (χ2n) is 9.74. The first-order valence-corrected chi connectivity index (χ1v) is 12.7. The molecule has 0 unspecified atom stereocenters. The second-order valence-corrected chi connectivity index (χ2v) is 9.74. The summed E-state index contributed by atoms with van der Waals surface area (Å²) in [7, 11) is 1.72. The SMILES string of the molecule is C[C@H](CO)N1C[C@H](C)[C@@H](CN(C)C(=O)Cc2ccncc2)Oc2ncc(C#Cc3ccccc3F)cc2C1=O. The minimum atomic E-state index is -0.473. The molecule has 0 fully saturated rings. The van der Waals surface area contributed by atoms with E-state index in [2.05, 4.69) is 21.8 Å². The molecule has 1 aromatic carbocycles. The van der Waals surface area contributed by atoms with Gasteiger partial charge < -0.3 is 19.6 Å². The molecule has 8 nitrogen and oxygen atoms in total. The zero-order valence-electron chi connectivity index (χ0n) is 22.2. The van der Waals surface area contributed by atoms with Gasteiger partial charge in [0.25, 0.3) is 5.91 Å². The molecule has 0 bridgehead atoms. The molecule has 3 aromatic rings. The first kappa shape index (κ1) is 27.7. The molecule has 3 atom stereocenters. The van der Waals surface area contributed by atoms with Crippen molar-refractivity contribution < 1.29 is 23.8 Å². The van der Waals surface area contributed by atoms with E-state index in [4.69, 9.17) is 4.74 Å². The first-order chi connectivity index (χ1) is 18.8. The Morgan fingerprint density at radius 2 is 2.00 bits per heavy atom. The Morgan fingerprint density at radius 3 is 2.72 bits per heavy atom. The van der Waals surface area contributed by atoms with E-state index in [0.29, 0.717) is 12.1 Å². The number of carbonyl (C=O) groups excluding carboxylic acids is 2. The van der Waals surface area contributed by atoms with Gasteiger partial charge in [0.1, 0.15) is 17.5 Å². The third-order valence-corrected chi connectivity index (χ3v) is 6.72. The summed E-state index contributed by atoms with van der Waals surface area (Å²) in [5, 5.41) is 9.86. The van der Waals surface area contributed by atoms with E-state index in [1.165, 1.54) is 12.3 Å². The number of fused-ring (bicyclic) bond motifs is 1. The molecule has 2 amide bonds. The molecule has 2 aromatic heterocycles. The van der Waals surface area contributed by atoms with Crippen molar-refractivity contribution in [3.05, 3.63) is 89.1 Å². The number of likely N-dealkylation sites (N-methyl/N-ethyl adjacent to an activating group) is 1. The molecule has 3 heterocycles. The Morgan fingerprint density at radius 1 is 1.26 bits per heavy atom. The maximum Gasteiger partial charge on any atom is 0.259 e. The lowest BCUT2D eigenvalue weighted by atomic mass is 9.99. The van der Waals surface area contributed by atoms with E-state index >= 15 is 0 Å². The van der Waals surface area contributed by atoms with Crippen molar-refractivity contribution in [3.8, 4) is 17.7 Å². The fourth-order valence-corrected chi connectivity index (χ4v) is 4.27. The quantitative estimate of drug-likeness (QED) is 0.493. The average Bonchev–Trinajstić information content (AvgIpc) is 2.94. The summed E-state index contributed by atoms with van der Waals surface area (Å²) in [4.78, 5) is 38.1. The van der Waals surface area contributed by atoms with Gasteiger partial charge in [0, 0.05) is 43.7 Å². The highest BCUT2D eigenvalue weighted by Gasteiger charge is 2.34. The van der Waals surface area contributed by atoms with Gasteiger partial charge in [-0.05, 0) is 42.8 Å². The van der Waals surface area contributed by atoms with Gasteiger partial charge in [0.15, 0.2) is 0 Å². The van der Waals surface area contributed by atoms with Gasteiger partial charge in [-0.3, -0.25) is 14.6 Å². The molecule has 0 saturated carbocycles. The Balaban J connectivity index is 1.62. The molecule has 39 heavy (non-hydrogen) atoms. The monoisotopic (exact) mass is 530 g/mol. The van der Waals surface area contributed by atoms with Crippen LogP contribution in [0, 0.1) is 23.6 Å². The number of nitrogens with zero attached hydrogens (tertiary/aromatic N) is 4. The largest absolute Gasteiger partial charge is 0.472 e. The molecule has 1 aliphatic rings. The van der Waals surface area contributed by atoms with Crippen LogP contribution >= 0.6 is 0 Å². The van der Waals surface area contributed by atoms with Crippen LogP contribution in [-0.4, -0.2) is 75.6 Å². The average molecular weight is 531 g/mol. The topological polar surface area (TPSA) is 95.9 Å². The molecule has 9 heteroatoms. The summed E-state index contributed by atoms with van der Waals surface area (Å²) < 4.78 is 20.3. The van der Waals surface area contributed by atoms with Crippen LogP contribution in [0.5, 0.6) is 5.88 Å². The van der Waals surface area contributed by atoms with Gasteiger partial charge in [-0.15, -0.1) is 0 Å². The molecule has 0 radical (unpaired) electrons. The van der Waals surface area contributed by atoms with E-state index in [-0.39, 0.29) is 54.3 Å². The lowest BCUT2D eigenvalue weighted by Gasteiger charge is -2.37. The van der Waals surface area contributed by atoms with E-state index in [1.807, 2.05) is 6.92 Å². The highest BCUT2D eigenvalue weighted by molar-refractivity contribution is 5.97. The molecule has 1 N–H and O–H groups in total. The van der Waals surface area contributed by atoms with Crippen molar-refractivity contribution in [1.29, 1.82) is 0 Å². The predicted octanol–water partition coefficient (Wildman–Crippen LogP) is 2.94. The Bertz CT molecular complexity index is 1390. The van der Waals surface area contributed by atoms with Crippen LogP contribution < -0.4 is 4.74 Å². The van der Waals surface area contributed by atoms with Gasteiger partial charge in [-0.1, -0.05) is 30.9 Å². The van der Waals surface area contributed by atoms with Crippen molar-refractivity contribution in [2.24, 2.45) is 5.92 Å². The molecule has 202 valence electrons. The summed E-state index contributed by atoms with van der Waals surface area (Å²) >= 11 is 0. The van der Waals surface area contributed by atoms with Gasteiger partial charge in [0.05, 0.1) is 31.2 Å². The summed E-state index contributed by atoms with van der Waals surface area (Å²) in [5.74, 6) is 4.74. The van der Waals surface area contributed by atoms with Gasteiger partial charge in [-0.25, -0.2) is 9.37 Å². The Kier molecular flexibility index (Phi) is 8.89. The van der Waals surface area contributed by atoms with Crippen molar-refractivity contribution in [2.45, 2.75) is 32.4 Å². The number of hydrogen-bond donors (Lipinski definition) is 1. The van der Waals surface area contributed by atoms with Crippen LogP contribution in [0.15, 0.2) is 61.1 Å². The van der Waals surface area contributed by atoms with Crippen molar-refractivity contribution in [2.75, 3.05) is 26.7 Å². The molecule has 1 aliphatic heterocycles. The van der Waals surface area contributed by atoms with Crippen LogP contribution in [-0.2, 0) is 11.2 Å². The number of aliphatic hydroxyl groups excluding tert-OH is 1. The second kappa shape index (κ2) is 12.5. The molecule has 4 rings (SSSR count). The zero-order valence-corrected chi connectivity index (χ0v) is 22.2. The number of aromatic nitrogens is 2. The normalized spacial score (nSPS) is 17.6. The number of aliphatic hydroxyl groups is 1. The number of amides is 2. The number of hydrogen-bond acceptors (Lipinski definition) is 6. The smallest absolute Gasteiger partial charge is 0.259 e. The summed E-state index contributed by atoms with van der Waals surface area (Å²) in [5.41, 5.74) is 1.70. The van der Waals surface area contributed by atoms with Gasteiger partial charge >= 0.3 is 0 Å². The van der Waals surface area contributed by atoms with Crippen LogP contribution in [0.4, 0.5) is 4.39 Å². The minimum Gasteiger partial charge on any atom is -0.472 e. The molecule has 0 saturated heterocycles. The molecule has 0 aliphatic carbocycles. The zero-order chi connectivity index (χ0) is 27.9. The fraction of sp³-hybridized carbons (Fsp3) is 0.333. The molecular weight excluding hydrogens is 499 g/mol. The van der Waals surface area contributed by atoms with E-state index in [0.717, 1.165) is 5.56 Å². The Hall–Kier alpha value is -4.29. The fourth-order valence-electron chi connectivity index (χ4n) is 4.27. The molecular formula is C30H31FN4O4. The third-order valence-electron chi connectivity index (χ3n) is 6.72. The van der Waals surface area contributed by atoms with Crippen LogP contribution in [0.3, 0.4) is 0 Å². The number of ether oxygens (including phenoxy) is 1. The predicted molar refractivity (Wildman–Crippen MR) is 143 cm³/mol. The lowest BCUT2D eigenvalue weighted by molar-refractivity contribution is -0.130. The van der Waals surface area contributed by atoms with Crippen molar-refractivity contribution >= 4 is 11.8 Å². The third kappa shape index (κ3) is 6.78. The summed E-state index contributed by atoms with van der Waals surface area (Å²) in [6, 6.07) is 10.9. The van der Waals surface area contributed by atoms with E-state index < -0.39 is 18.0 Å². The van der Waals surface area contributed by atoms with E-state index in [9.17, 15) is 19.1 Å². The number of halogens is 1. The molecule has 0 spiro atoms. The number of benzene rings is 1. The van der Waals surface area contributed by atoms with Crippen LogP contribution in [0.1, 0.15) is 40.9 Å².